The number of hydrogen-bond acceptors (Lipinski definition) is 0. The minimum Gasteiger partial charge on any atom is -0.126 e. The Hall–Kier alpha value is 0.280. The second-order valence-electron chi connectivity index (χ2n) is 4.10. The first-order valence-corrected chi connectivity index (χ1v) is 6.30. The standard InChI is InChI=1S/C11H11BrCl2/c1-11(5-7(11)6-13)9-3-2-8(12)4-10(9)14/h2-4,7H,5-6H2,1H3. The van der Waals surface area contributed by atoms with Gasteiger partial charge >= 0.3 is 0 Å². The van der Waals surface area contributed by atoms with Crippen molar-refractivity contribution in [3.8, 4) is 0 Å². The van der Waals surface area contributed by atoms with Crippen molar-refractivity contribution in [2.45, 2.75) is 18.8 Å². The lowest BCUT2D eigenvalue weighted by atomic mass is 9.96. The monoisotopic (exact) mass is 292 g/mol. The van der Waals surface area contributed by atoms with E-state index in [1.807, 2.05) is 12.1 Å². The largest absolute Gasteiger partial charge is 0.126 e. The van der Waals surface area contributed by atoms with Crippen LogP contribution in [-0.2, 0) is 5.41 Å². The molecule has 76 valence electrons. The molecule has 1 aliphatic carbocycles. The summed E-state index contributed by atoms with van der Waals surface area (Å²) in [4.78, 5) is 0. The Morgan fingerprint density at radius 2 is 2.29 bits per heavy atom. The molecule has 2 rings (SSSR count). The van der Waals surface area contributed by atoms with Gasteiger partial charge < -0.3 is 0 Å². The van der Waals surface area contributed by atoms with Crippen LogP contribution >= 0.6 is 39.1 Å². The summed E-state index contributed by atoms with van der Waals surface area (Å²) in [5.41, 5.74) is 1.44. The highest BCUT2D eigenvalue weighted by molar-refractivity contribution is 9.10. The SMILES string of the molecule is CC1(c2ccc(Br)cc2Cl)CC1CCl. The van der Waals surface area contributed by atoms with Gasteiger partial charge in [0.05, 0.1) is 0 Å². The van der Waals surface area contributed by atoms with E-state index in [9.17, 15) is 0 Å². The van der Waals surface area contributed by atoms with E-state index >= 15 is 0 Å². The summed E-state index contributed by atoms with van der Waals surface area (Å²) < 4.78 is 1.03. The molecule has 2 atom stereocenters. The molecule has 0 bridgehead atoms. The molecule has 0 nitrogen and oxygen atoms in total. The Labute approximate surface area is 103 Å². The fourth-order valence-electron chi connectivity index (χ4n) is 1.96. The Morgan fingerprint density at radius 3 is 2.79 bits per heavy atom. The van der Waals surface area contributed by atoms with Crippen molar-refractivity contribution in [3.63, 3.8) is 0 Å². The van der Waals surface area contributed by atoms with Gasteiger partial charge in [-0.3, -0.25) is 0 Å². The summed E-state index contributed by atoms with van der Waals surface area (Å²) in [6, 6.07) is 6.08. The number of benzene rings is 1. The Bertz CT molecular complexity index is 364. The van der Waals surface area contributed by atoms with Gasteiger partial charge in [0.25, 0.3) is 0 Å². The molecule has 0 radical (unpaired) electrons. The molecular weight excluding hydrogens is 283 g/mol. The van der Waals surface area contributed by atoms with Crippen molar-refractivity contribution in [1.82, 2.24) is 0 Å². The van der Waals surface area contributed by atoms with Crippen LogP contribution in [0.3, 0.4) is 0 Å². The predicted molar refractivity (Wildman–Crippen MR) is 65.3 cm³/mol. The average Bonchev–Trinajstić information content (AvgIpc) is 2.77. The van der Waals surface area contributed by atoms with E-state index < -0.39 is 0 Å². The molecule has 1 aromatic carbocycles. The number of rotatable bonds is 2. The molecule has 0 N–H and O–H groups in total. The van der Waals surface area contributed by atoms with E-state index in [0.29, 0.717) is 5.92 Å². The van der Waals surface area contributed by atoms with Gasteiger partial charge in [0.2, 0.25) is 0 Å². The van der Waals surface area contributed by atoms with Gasteiger partial charge in [-0.2, -0.15) is 0 Å². The third-order valence-electron chi connectivity index (χ3n) is 3.14. The molecule has 14 heavy (non-hydrogen) atoms. The third kappa shape index (κ3) is 1.70. The molecule has 0 aliphatic heterocycles. The van der Waals surface area contributed by atoms with Gasteiger partial charge in [0.1, 0.15) is 0 Å². The quantitative estimate of drug-likeness (QED) is 0.698. The first-order chi connectivity index (χ1) is 6.58. The van der Waals surface area contributed by atoms with Gasteiger partial charge in [-0.15, -0.1) is 11.6 Å². The Kier molecular flexibility index (Phi) is 2.85. The second kappa shape index (κ2) is 3.70. The van der Waals surface area contributed by atoms with E-state index in [4.69, 9.17) is 23.2 Å². The summed E-state index contributed by atoms with van der Waals surface area (Å²) in [6.07, 6.45) is 1.15. The molecular formula is C11H11BrCl2. The first-order valence-electron chi connectivity index (χ1n) is 4.59. The molecule has 1 aromatic rings. The fraction of sp³-hybridized carbons (Fsp3) is 0.455. The first kappa shape index (κ1) is 10.8. The molecule has 0 amide bonds. The minimum absolute atomic E-state index is 0.208. The van der Waals surface area contributed by atoms with Crippen LogP contribution in [0.5, 0.6) is 0 Å². The van der Waals surface area contributed by atoms with Crippen molar-refractivity contribution < 1.29 is 0 Å². The van der Waals surface area contributed by atoms with Crippen LogP contribution in [0.1, 0.15) is 18.9 Å². The molecule has 3 heteroatoms. The van der Waals surface area contributed by atoms with Gasteiger partial charge in [-0.1, -0.05) is 40.5 Å². The number of hydrogen-bond donors (Lipinski definition) is 0. The zero-order chi connectivity index (χ0) is 10.3. The minimum atomic E-state index is 0.208. The molecule has 2 unspecified atom stereocenters. The van der Waals surface area contributed by atoms with Crippen LogP contribution in [0.25, 0.3) is 0 Å². The van der Waals surface area contributed by atoms with E-state index in [1.165, 1.54) is 5.56 Å². The van der Waals surface area contributed by atoms with Crippen molar-refractivity contribution in [2.75, 3.05) is 5.88 Å². The maximum absolute atomic E-state index is 6.20. The fourth-order valence-corrected chi connectivity index (χ4v) is 3.30. The average molecular weight is 294 g/mol. The summed E-state index contributed by atoms with van der Waals surface area (Å²) >= 11 is 15.5. The summed E-state index contributed by atoms with van der Waals surface area (Å²) in [7, 11) is 0. The van der Waals surface area contributed by atoms with E-state index in [-0.39, 0.29) is 5.41 Å². The number of alkyl halides is 1. The summed E-state index contributed by atoms with van der Waals surface area (Å²) in [6.45, 7) is 2.23. The highest BCUT2D eigenvalue weighted by Gasteiger charge is 2.51. The predicted octanol–water partition coefficient (Wildman–Crippen LogP) is 4.62. The topological polar surface area (TPSA) is 0 Å². The normalized spacial score (nSPS) is 30.4. The summed E-state index contributed by atoms with van der Waals surface area (Å²) in [5, 5.41) is 0.842. The zero-order valence-electron chi connectivity index (χ0n) is 7.86. The van der Waals surface area contributed by atoms with Gasteiger partial charge in [0.15, 0.2) is 0 Å². The highest BCUT2D eigenvalue weighted by Crippen LogP contribution is 2.56. The molecule has 1 fully saturated rings. The van der Waals surface area contributed by atoms with Crippen molar-refractivity contribution in [2.24, 2.45) is 5.92 Å². The smallest absolute Gasteiger partial charge is 0.0454 e. The van der Waals surface area contributed by atoms with Crippen LogP contribution in [0, 0.1) is 5.92 Å². The maximum atomic E-state index is 6.20. The zero-order valence-corrected chi connectivity index (χ0v) is 11.0. The number of halogens is 3. The molecule has 1 saturated carbocycles. The van der Waals surface area contributed by atoms with Crippen LogP contribution < -0.4 is 0 Å². The van der Waals surface area contributed by atoms with Crippen LogP contribution in [0.4, 0.5) is 0 Å². The molecule has 1 aliphatic rings. The van der Waals surface area contributed by atoms with Gasteiger partial charge in [0, 0.05) is 15.4 Å². The third-order valence-corrected chi connectivity index (χ3v) is 4.32. The lowest BCUT2D eigenvalue weighted by Gasteiger charge is -2.13. The Morgan fingerprint density at radius 1 is 1.57 bits per heavy atom. The van der Waals surface area contributed by atoms with Crippen LogP contribution in [0.2, 0.25) is 5.02 Å². The van der Waals surface area contributed by atoms with Crippen molar-refractivity contribution in [1.29, 1.82) is 0 Å². The van der Waals surface area contributed by atoms with Crippen molar-refractivity contribution in [3.05, 3.63) is 33.3 Å². The van der Waals surface area contributed by atoms with E-state index in [0.717, 1.165) is 21.8 Å². The molecule has 0 heterocycles. The summed E-state index contributed by atoms with van der Waals surface area (Å²) in [5.74, 6) is 1.31. The van der Waals surface area contributed by atoms with Crippen molar-refractivity contribution >= 4 is 39.1 Å². The molecule has 0 spiro atoms. The lowest BCUT2D eigenvalue weighted by molar-refractivity contribution is 0.706. The molecule has 0 saturated heterocycles. The van der Waals surface area contributed by atoms with Gasteiger partial charge in [-0.25, -0.2) is 0 Å². The second-order valence-corrected chi connectivity index (χ2v) is 5.73. The molecule has 0 aromatic heterocycles. The lowest BCUT2D eigenvalue weighted by Crippen LogP contribution is -2.05. The Balaban J connectivity index is 2.34. The van der Waals surface area contributed by atoms with E-state index in [2.05, 4.69) is 28.9 Å². The van der Waals surface area contributed by atoms with Crippen LogP contribution in [0.15, 0.2) is 22.7 Å². The van der Waals surface area contributed by atoms with Crippen LogP contribution in [-0.4, -0.2) is 5.88 Å². The highest BCUT2D eigenvalue weighted by atomic mass is 79.9. The maximum Gasteiger partial charge on any atom is 0.0454 e. The van der Waals surface area contributed by atoms with E-state index in [1.54, 1.807) is 0 Å². The van der Waals surface area contributed by atoms with Gasteiger partial charge in [-0.05, 0) is 35.4 Å².